The lowest BCUT2D eigenvalue weighted by molar-refractivity contribution is -0.115. The fourth-order valence-corrected chi connectivity index (χ4v) is 4.07. The Labute approximate surface area is 116 Å². The summed E-state index contributed by atoms with van der Waals surface area (Å²) in [5, 5.41) is 3.97. The molecule has 3 rings (SSSR count). The number of carbonyl (C=O) groups excluding carboxylic acids is 2. The average Bonchev–Trinajstić information content (AvgIpc) is 3.02. The van der Waals surface area contributed by atoms with Crippen LogP contribution in [0.3, 0.4) is 0 Å². The number of hydrogen-bond donors (Lipinski definition) is 1. The van der Waals surface area contributed by atoms with Crippen LogP contribution in [-0.2, 0) is 4.79 Å². The molecule has 0 aliphatic carbocycles. The highest BCUT2D eigenvalue weighted by Crippen LogP contribution is 2.34. The summed E-state index contributed by atoms with van der Waals surface area (Å²) in [5.74, 6) is -0.309. The van der Waals surface area contributed by atoms with Gasteiger partial charge in [-0.1, -0.05) is 6.07 Å². The fraction of sp³-hybridized carbons (Fsp3) is 0. The molecule has 1 N–H and O–H groups in total. The molecule has 0 aromatic carbocycles. The van der Waals surface area contributed by atoms with Crippen molar-refractivity contribution in [1.82, 2.24) is 5.32 Å². The Morgan fingerprint density at radius 2 is 2.00 bits per heavy atom. The Hall–Kier alpha value is -1.37. The van der Waals surface area contributed by atoms with Crippen LogP contribution in [0.5, 0.6) is 0 Å². The second-order valence-corrected chi connectivity index (χ2v) is 6.61. The molecule has 0 atom stereocenters. The van der Waals surface area contributed by atoms with Crippen LogP contribution >= 0.6 is 34.4 Å². The Kier molecular flexibility index (Phi) is 3.07. The lowest BCUT2D eigenvalue weighted by Crippen LogP contribution is -2.17. The van der Waals surface area contributed by atoms with E-state index in [1.54, 1.807) is 28.7 Å². The quantitative estimate of drug-likeness (QED) is 0.857. The molecule has 1 saturated heterocycles. The number of amides is 2. The summed E-state index contributed by atoms with van der Waals surface area (Å²) in [6.07, 6.45) is 1.76. The van der Waals surface area contributed by atoms with Gasteiger partial charge in [0.15, 0.2) is 0 Å². The van der Waals surface area contributed by atoms with Gasteiger partial charge >= 0.3 is 0 Å². The molecule has 0 saturated carbocycles. The van der Waals surface area contributed by atoms with E-state index in [9.17, 15) is 9.59 Å². The van der Waals surface area contributed by atoms with Crippen molar-refractivity contribution in [2.24, 2.45) is 0 Å². The summed E-state index contributed by atoms with van der Waals surface area (Å²) in [6.45, 7) is 0. The van der Waals surface area contributed by atoms with Crippen LogP contribution < -0.4 is 5.32 Å². The van der Waals surface area contributed by atoms with Gasteiger partial charge < -0.3 is 0 Å². The van der Waals surface area contributed by atoms with Crippen molar-refractivity contribution in [2.75, 3.05) is 0 Å². The van der Waals surface area contributed by atoms with Crippen molar-refractivity contribution < 1.29 is 9.59 Å². The number of carbonyl (C=O) groups is 2. The average molecular weight is 293 g/mol. The maximum atomic E-state index is 11.4. The first kappa shape index (κ1) is 11.7. The molecule has 90 valence electrons. The van der Waals surface area contributed by atoms with Gasteiger partial charge in [-0.2, -0.15) is 0 Å². The van der Waals surface area contributed by atoms with Gasteiger partial charge in [0.2, 0.25) is 0 Å². The van der Waals surface area contributed by atoms with E-state index in [1.165, 1.54) is 9.75 Å². The first-order valence-electron chi connectivity index (χ1n) is 5.11. The fourth-order valence-electron chi connectivity index (χ4n) is 1.53. The van der Waals surface area contributed by atoms with Crippen LogP contribution in [-0.4, -0.2) is 11.1 Å². The molecule has 0 spiro atoms. The minimum atomic E-state index is -0.309. The van der Waals surface area contributed by atoms with E-state index < -0.39 is 0 Å². The minimum Gasteiger partial charge on any atom is -0.282 e. The highest BCUT2D eigenvalue weighted by Gasteiger charge is 2.25. The van der Waals surface area contributed by atoms with E-state index in [-0.39, 0.29) is 11.1 Å². The van der Waals surface area contributed by atoms with Gasteiger partial charge in [0, 0.05) is 14.6 Å². The Morgan fingerprint density at radius 1 is 1.11 bits per heavy atom. The Morgan fingerprint density at radius 3 is 2.67 bits per heavy atom. The summed E-state index contributed by atoms with van der Waals surface area (Å²) in [5.41, 5.74) is 0. The molecular weight excluding hydrogens is 286 g/mol. The third kappa shape index (κ3) is 2.27. The first-order valence-corrected chi connectivity index (χ1v) is 7.62. The lowest BCUT2D eigenvalue weighted by atomic mass is 10.3. The highest BCUT2D eigenvalue weighted by atomic mass is 32.2. The van der Waals surface area contributed by atoms with Gasteiger partial charge in [-0.15, -0.1) is 22.7 Å². The van der Waals surface area contributed by atoms with Gasteiger partial charge in [0.1, 0.15) is 0 Å². The summed E-state index contributed by atoms with van der Waals surface area (Å²) in [7, 11) is 0. The second-order valence-electron chi connectivity index (χ2n) is 3.53. The maximum absolute atomic E-state index is 11.4. The third-order valence-electron chi connectivity index (χ3n) is 2.31. The third-order valence-corrected chi connectivity index (χ3v) is 5.21. The predicted molar refractivity (Wildman–Crippen MR) is 76.7 cm³/mol. The number of rotatable bonds is 2. The minimum absolute atomic E-state index is 0.304. The van der Waals surface area contributed by atoms with Crippen molar-refractivity contribution in [3.05, 3.63) is 39.4 Å². The van der Waals surface area contributed by atoms with Crippen LogP contribution in [0.4, 0.5) is 4.79 Å². The van der Waals surface area contributed by atoms with Gasteiger partial charge in [0.25, 0.3) is 11.1 Å². The predicted octanol–water partition coefficient (Wildman–Crippen LogP) is 3.80. The lowest BCUT2D eigenvalue weighted by Gasteiger charge is -1.89. The van der Waals surface area contributed by atoms with E-state index in [0.717, 1.165) is 16.6 Å². The van der Waals surface area contributed by atoms with Gasteiger partial charge in [-0.25, -0.2) is 0 Å². The normalized spacial score (nSPS) is 17.4. The first-order chi connectivity index (χ1) is 8.72. The van der Waals surface area contributed by atoms with E-state index in [4.69, 9.17) is 0 Å². The highest BCUT2D eigenvalue weighted by molar-refractivity contribution is 8.18. The molecule has 3 nitrogen and oxygen atoms in total. The summed E-state index contributed by atoms with van der Waals surface area (Å²) < 4.78 is 0. The molecule has 2 amide bonds. The molecule has 1 aliphatic rings. The zero-order chi connectivity index (χ0) is 12.5. The molecule has 18 heavy (non-hydrogen) atoms. The van der Waals surface area contributed by atoms with Crippen LogP contribution in [0.2, 0.25) is 0 Å². The zero-order valence-corrected chi connectivity index (χ0v) is 11.5. The SMILES string of the molecule is O=C1NC(=O)/C(=C/c2ccc(-c3cccs3)s2)S1. The van der Waals surface area contributed by atoms with Crippen molar-refractivity contribution >= 4 is 51.7 Å². The molecule has 0 unspecified atom stereocenters. The van der Waals surface area contributed by atoms with Crippen molar-refractivity contribution in [3.8, 4) is 9.75 Å². The number of thiophene rings is 2. The molecule has 2 aromatic heterocycles. The molecule has 1 aliphatic heterocycles. The molecule has 3 heterocycles. The Balaban J connectivity index is 1.88. The molecule has 2 aromatic rings. The molecule has 1 fully saturated rings. The summed E-state index contributed by atoms with van der Waals surface area (Å²) in [6, 6.07) is 8.07. The van der Waals surface area contributed by atoms with Crippen LogP contribution in [0.15, 0.2) is 34.6 Å². The molecule has 0 bridgehead atoms. The number of hydrogen-bond acceptors (Lipinski definition) is 5. The number of nitrogens with one attached hydrogen (secondary N) is 1. The van der Waals surface area contributed by atoms with Crippen LogP contribution in [0, 0.1) is 0 Å². The van der Waals surface area contributed by atoms with Crippen LogP contribution in [0.25, 0.3) is 15.8 Å². The van der Waals surface area contributed by atoms with Crippen molar-refractivity contribution in [3.63, 3.8) is 0 Å². The Bertz CT molecular complexity index is 640. The van der Waals surface area contributed by atoms with Gasteiger partial charge in [-0.05, 0) is 41.4 Å². The second kappa shape index (κ2) is 4.72. The summed E-state index contributed by atoms with van der Waals surface area (Å²) >= 11 is 4.24. The smallest absolute Gasteiger partial charge is 0.282 e. The van der Waals surface area contributed by atoms with Crippen molar-refractivity contribution in [2.45, 2.75) is 0 Å². The van der Waals surface area contributed by atoms with E-state index in [1.807, 2.05) is 23.6 Å². The number of thioether (sulfide) groups is 1. The molecule has 0 radical (unpaired) electrons. The topological polar surface area (TPSA) is 46.2 Å². The zero-order valence-electron chi connectivity index (χ0n) is 9.01. The maximum Gasteiger partial charge on any atom is 0.290 e. The molecular formula is C12H7NO2S3. The standard InChI is InChI=1S/C12H7NO2S3/c14-11-10(18-12(15)13-11)6-7-3-4-9(17-7)8-2-1-5-16-8/h1-6H,(H,13,14,15)/b10-6-. The van der Waals surface area contributed by atoms with E-state index in [2.05, 4.69) is 11.4 Å². The molecule has 6 heteroatoms. The van der Waals surface area contributed by atoms with Crippen LogP contribution in [0.1, 0.15) is 4.88 Å². The van der Waals surface area contributed by atoms with Crippen molar-refractivity contribution in [1.29, 1.82) is 0 Å². The monoisotopic (exact) mass is 293 g/mol. The number of imide groups is 1. The van der Waals surface area contributed by atoms with E-state index >= 15 is 0 Å². The largest absolute Gasteiger partial charge is 0.290 e. The summed E-state index contributed by atoms with van der Waals surface area (Å²) in [4.78, 5) is 26.3. The van der Waals surface area contributed by atoms with Gasteiger partial charge in [-0.3, -0.25) is 14.9 Å². The van der Waals surface area contributed by atoms with Gasteiger partial charge in [0.05, 0.1) is 4.91 Å². The van der Waals surface area contributed by atoms with E-state index in [0.29, 0.717) is 4.91 Å².